The van der Waals surface area contributed by atoms with Crippen LogP contribution in [0.2, 0.25) is 0 Å². The summed E-state index contributed by atoms with van der Waals surface area (Å²) in [6, 6.07) is 0.433. The van der Waals surface area contributed by atoms with Gasteiger partial charge in [-0.05, 0) is 6.92 Å². The molecule has 0 aliphatic carbocycles. The second-order valence-electron chi connectivity index (χ2n) is 3.26. The van der Waals surface area contributed by atoms with Crippen LogP contribution in [0, 0.1) is 0 Å². The number of rotatable bonds is 3. The average molecular weight is 195 g/mol. The number of guanidine groups is 1. The molecule has 1 aliphatic heterocycles. The molecule has 76 valence electrons. The first kappa shape index (κ1) is 8.98. The Morgan fingerprint density at radius 1 is 1.71 bits per heavy atom. The van der Waals surface area contributed by atoms with Crippen molar-refractivity contribution in [2.45, 2.75) is 19.4 Å². The standard InChI is InChI=1S/C8H13N5O/c1-6-4-10-8(12-6)9-3-2-7-11-5-14-13-7/h5-6H,2-4H2,1H3,(H2,9,10,12). The molecule has 0 amide bonds. The molecule has 1 aromatic rings. The van der Waals surface area contributed by atoms with Gasteiger partial charge in [-0.1, -0.05) is 5.16 Å². The summed E-state index contributed by atoms with van der Waals surface area (Å²) in [4.78, 5) is 8.18. The van der Waals surface area contributed by atoms with E-state index in [4.69, 9.17) is 0 Å². The van der Waals surface area contributed by atoms with E-state index in [2.05, 4.69) is 37.2 Å². The van der Waals surface area contributed by atoms with Crippen molar-refractivity contribution < 1.29 is 4.52 Å². The number of hydrogen-bond donors (Lipinski definition) is 2. The molecule has 6 nitrogen and oxygen atoms in total. The molecule has 0 saturated heterocycles. The minimum atomic E-state index is 0.433. The van der Waals surface area contributed by atoms with Gasteiger partial charge in [0.1, 0.15) is 0 Å². The molecule has 1 atom stereocenters. The van der Waals surface area contributed by atoms with Gasteiger partial charge in [0.15, 0.2) is 11.8 Å². The Kier molecular flexibility index (Phi) is 2.62. The van der Waals surface area contributed by atoms with Gasteiger partial charge in [0.05, 0.1) is 6.54 Å². The molecule has 0 bridgehead atoms. The molecule has 2 N–H and O–H groups in total. The summed E-state index contributed by atoms with van der Waals surface area (Å²) >= 11 is 0. The highest BCUT2D eigenvalue weighted by Gasteiger charge is 2.11. The second kappa shape index (κ2) is 4.08. The van der Waals surface area contributed by atoms with Crippen molar-refractivity contribution in [3.05, 3.63) is 12.2 Å². The van der Waals surface area contributed by atoms with Crippen LogP contribution in [-0.2, 0) is 6.42 Å². The Bertz CT molecular complexity index is 308. The Balaban J connectivity index is 1.69. The normalized spacial score (nSPS) is 20.4. The maximum atomic E-state index is 4.62. The van der Waals surface area contributed by atoms with Crippen molar-refractivity contribution in [1.82, 2.24) is 20.8 Å². The summed E-state index contributed by atoms with van der Waals surface area (Å²) in [7, 11) is 0. The Morgan fingerprint density at radius 2 is 2.64 bits per heavy atom. The first-order valence-corrected chi connectivity index (χ1v) is 4.64. The third kappa shape index (κ3) is 2.21. The summed E-state index contributed by atoms with van der Waals surface area (Å²) in [5.74, 6) is 1.57. The van der Waals surface area contributed by atoms with Crippen LogP contribution in [0.25, 0.3) is 0 Å². The fourth-order valence-electron chi connectivity index (χ4n) is 1.26. The van der Waals surface area contributed by atoms with Gasteiger partial charge in [-0.3, -0.25) is 4.99 Å². The monoisotopic (exact) mass is 195 g/mol. The van der Waals surface area contributed by atoms with Crippen LogP contribution >= 0.6 is 0 Å². The molecule has 0 fully saturated rings. The predicted molar refractivity (Wildman–Crippen MR) is 50.9 cm³/mol. The van der Waals surface area contributed by atoms with Crippen molar-refractivity contribution >= 4 is 5.96 Å². The topological polar surface area (TPSA) is 75.3 Å². The molecule has 0 spiro atoms. The summed E-state index contributed by atoms with van der Waals surface area (Å²) in [6.45, 7) is 3.69. The van der Waals surface area contributed by atoms with E-state index in [-0.39, 0.29) is 0 Å². The second-order valence-corrected chi connectivity index (χ2v) is 3.26. The Labute approximate surface area is 81.8 Å². The lowest BCUT2D eigenvalue weighted by atomic mass is 10.4. The Hall–Kier alpha value is -1.59. The minimum Gasteiger partial charge on any atom is -0.356 e. The van der Waals surface area contributed by atoms with Gasteiger partial charge in [0, 0.05) is 19.0 Å². The zero-order valence-electron chi connectivity index (χ0n) is 8.03. The quantitative estimate of drug-likeness (QED) is 0.683. The third-order valence-electron chi connectivity index (χ3n) is 1.95. The fourth-order valence-corrected chi connectivity index (χ4v) is 1.26. The number of aliphatic imine (C=N–C) groups is 1. The first-order valence-electron chi connectivity index (χ1n) is 4.64. The highest BCUT2D eigenvalue weighted by Crippen LogP contribution is 1.93. The van der Waals surface area contributed by atoms with E-state index < -0.39 is 0 Å². The van der Waals surface area contributed by atoms with Crippen LogP contribution in [0.1, 0.15) is 12.7 Å². The first-order chi connectivity index (χ1) is 6.84. The van der Waals surface area contributed by atoms with Crippen LogP contribution in [0.3, 0.4) is 0 Å². The highest BCUT2D eigenvalue weighted by molar-refractivity contribution is 5.81. The SMILES string of the molecule is CC1CN=C(NCCc2ncon2)N1. The minimum absolute atomic E-state index is 0.433. The van der Waals surface area contributed by atoms with E-state index >= 15 is 0 Å². The smallest absolute Gasteiger partial charge is 0.213 e. The summed E-state index contributed by atoms with van der Waals surface area (Å²) < 4.78 is 4.62. The van der Waals surface area contributed by atoms with Crippen molar-refractivity contribution in [1.29, 1.82) is 0 Å². The van der Waals surface area contributed by atoms with Gasteiger partial charge in [0.2, 0.25) is 6.39 Å². The Morgan fingerprint density at radius 3 is 3.29 bits per heavy atom. The third-order valence-corrected chi connectivity index (χ3v) is 1.95. The molecular weight excluding hydrogens is 182 g/mol. The molecule has 2 heterocycles. The van der Waals surface area contributed by atoms with E-state index in [9.17, 15) is 0 Å². The van der Waals surface area contributed by atoms with Crippen molar-refractivity contribution in [3.63, 3.8) is 0 Å². The fraction of sp³-hybridized carbons (Fsp3) is 0.625. The molecule has 0 aromatic carbocycles. The van der Waals surface area contributed by atoms with Gasteiger partial charge >= 0.3 is 0 Å². The zero-order chi connectivity index (χ0) is 9.80. The summed E-state index contributed by atoms with van der Waals surface area (Å²) in [5, 5.41) is 10.1. The largest absolute Gasteiger partial charge is 0.356 e. The molecule has 0 saturated carbocycles. The molecule has 6 heteroatoms. The van der Waals surface area contributed by atoms with Gasteiger partial charge in [0.25, 0.3) is 0 Å². The van der Waals surface area contributed by atoms with Gasteiger partial charge in [-0.15, -0.1) is 0 Å². The van der Waals surface area contributed by atoms with Crippen LogP contribution in [0.5, 0.6) is 0 Å². The van der Waals surface area contributed by atoms with E-state index in [0.29, 0.717) is 11.9 Å². The van der Waals surface area contributed by atoms with Crippen LogP contribution < -0.4 is 10.6 Å². The van der Waals surface area contributed by atoms with Crippen molar-refractivity contribution in [2.24, 2.45) is 4.99 Å². The number of nitrogens with zero attached hydrogens (tertiary/aromatic N) is 3. The van der Waals surface area contributed by atoms with Crippen LogP contribution in [-0.4, -0.2) is 35.2 Å². The maximum Gasteiger partial charge on any atom is 0.213 e. The van der Waals surface area contributed by atoms with Gasteiger partial charge in [-0.2, -0.15) is 4.98 Å². The molecule has 0 radical (unpaired) electrons. The van der Waals surface area contributed by atoms with Crippen molar-refractivity contribution in [2.75, 3.05) is 13.1 Å². The van der Waals surface area contributed by atoms with E-state index in [1.165, 1.54) is 6.39 Å². The highest BCUT2D eigenvalue weighted by atomic mass is 16.5. The van der Waals surface area contributed by atoms with E-state index in [0.717, 1.165) is 25.5 Å². The predicted octanol–water partition coefficient (Wildman–Crippen LogP) is -0.451. The van der Waals surface area contributed by atoms with E-state index in [1.54, 1.807) is 0 Å². The molecule has 2 rings (SSSR count). The molecule has 14 heavy (non-hydrogen) atoms. The number of hydrogen-bond acceptors (Lipinski definition) is 6. The summed E-state index contributed by atoms with van der Waals surface area (Å²) in [6.07, 6.45) is 2.08. The van der Waals surface area contributed by atoms with E-state index in [1.807, 2.05) is 0 Å². The van der Waals surface area contributed by atoms with Gasteiger partial charge in [-0.25, -0.2) is 0 Å². The average Bonchev–Trinajstić information content (AvgIpc) is 2.77. The van der Waals surface area contributed by atoms with Crippen molar-refractivity contribution in [3.8, 4) is 0 Å². The lowest BCUT2D eigenvalue weighted by molar-refractivity contribution is 0.410. The van der Waals surface area contributed by atoms with Gasteiger partial charge < -0.3 is 15.2 Å². The zero-order valence-corrected chi connectivity index (χ0v) is 8.03. The lowest BCUT2D eigenvalue weighted by Crippen LogP contribution is -2.38. The molecule has 1 aliphatic rings. The molecule has 1 unspecified atom stereocenters. The number of nitrogens with one attached hydrogen (secondary N) is 2. The lowest BCUT2D eigenvalue weighted by Gasteiger charge is -2.06. The maximum absolute atomic E-state index is 4.62. The summed E-state index contributed by atoms with van der Waals surface area (Å²) in [5.41, 5.74) is 0. The van der Waals surface area contributed by atoms with Crippen LogP contribution in [0.15, 0.2) is 15.9 Å². The molecular formula is C8H13N5O. The number of aromatic nitrogens is 2. The van der Waals surface area contributed by atoms with Crippen LogP contribution in [0.4, 0.5) is 0 Å². The molecule has 1 aromatic heterocycles.